The van der Waals surface area contributed by atoms with Crippen molar-refractivity contribution in [1.82, 2.24) is 0 Å². The van der Waals surface area contributed by atoms with Gasteiger partial charge in [0.1, 0.15) is 6.61 Å². The first-order valence-electron chi connectivity index (χ1n) is 20.1. The summed E-state index contributed by atoms with van der Waals surface area (Å²) < 4.78 is 32.7. The minimum atomic E-state index is -4.38. The summed E-state index contributed by atoms with van der Waals surface area (Å²) in [4.78, 5) is 34.8. The molecule has 10 heteroatoms. The second-order valence-electron chi connectivity index (χ2n) is 13.1. The summed E-state index contributed by atoms with van der Waals surface area (Å²) in [7, 11) is -4.38. The molecule has 0 saturated heterocycles. The fourth-order valence-electron chi connectivity index (χ4n) is 5.23. The molecule has 0 aliphatic rings. The van der Waals surface area contributed by atoms with Gasteiger partial charge in [-0.1, -0.05) is 133 Å². The third-order valence-electron chi connectivity index (χ3n) is 8.20. The van der Waals surface area contributed by atoms with Crippen molar-refractivity contribution in [2.75, 3.05) is 26.4 Å². The summed E-state index contributed by atoms with van der Waals surface area (Å²) in [5, 5.41) is 0. The molecule has 0 amide bonds. The van der Waals surface area contributed by atoms with Crippen LogP contribution in [0.15, 0.2) is 48.6 Å². The molecule has 0 aromatic carbocycles. The Kier molecular flexibility index (Phi) is 36.2. The topological polar surface area (TPSA) is 134 Å². The van der Waals surface area contributed by atoms with E-state index in [1.807, 2.05) is 0 Å². The maximum atomic E-state index is 12.5. The summed E-state index contributed by atoms with van der Waals surface area (Å²) in [5.41, 5.74) is 5.33. The first-order chi connectivity index (χ1) is 24.8. The van der Waals surface area contributed by atoms with Gasteiger partial charge in [-0.2, -0.15) is 0 Å². The Morgan fingerprint density at radius 2 is 1.08 bits per heavy atom. The number of rotatable bonds is 37. The van der Waals surface area contributed by atoms with Crippen LogP contribution in [0.4, 0.5) is 0 Å². The monoisotopic (exact) mass is 740 g/mol. The van der Waals surface area contributed by atoms with Crippen LogP contribution < -0.4 is 5.73 Å². The quantitative estimate of drug-likeness (QED) is 0.0276. The molecule has 3 N–H and O–H groups in total. The highest BCUT2D eigenvalue weighted by molar-refractivity contribution is 7.47. The fraction of sp³-hybridized carbons (Fsp3) is 0.756. The van der Waals surface area contributed by atoms with Gasteiger partial charge in [-0.15, -0.1) is 0 Å². The molecule has 0 radical (unpaired) electrons. The molecule has 0 rings (SSSR count). The summed E-state index contributed by atoms with van der Waals surface area (Å²) in [6, 6.07) is 0. The average Bonchev–Trinajstić information content (AvgIpc) is 3.11. The fourth-order valence-corrected chi connectivity index (χ4v) is 6.00. The summed E-state index contributed by atoms with van der Waals surface area (Å²) >= 11 is 0. The zero-order valence-corrected chi connectivity index (χ0v) is 33.2. The van der Waals surface area contributed by atoms with E-state index in [1.54, 1.807) is 0 Å². The maximum Gasteiger partial charge on any atom is 0.472 e. The van der Waals surface area contributed by atoms with Crippen molar-refractivity contribution in [3.05, 3.63) is 48.6 Å². The number of hydrogen-bond acceptors (Lipinski definition) is 8. The van der Waals surface area contributed by atoms with Crippen LogP contribution in [0.25, 0.3) is 0 Å². The minimum absolute atomic E-state index is 0.0482. The van der Waals surface area contributed by atoms with Crippen LogP contribution in [0.2, 0.25) is 0 Å². The number of nitrogens with two attached hydrogens (primary N) is 1. The van der Waals surface area contributed by atoms with Gasteiger partial charge in [0.25, 0.3) is 0 Å². The first-order valence-corrected chi connectivity index (χ1v) is 21.6. The van der Waals surface area contributed by atoms with Gasteiger partial charge < -0.3 is 20.1 Å². The number of phosphoric acid groups is 1. The van der Waals surface area contributed by atoms with E-state index < -0.39 is 32.5 Å². The number of ether oxygens (including phenoxy) is 2. The highest BCUT2D eigenvalue weighted by Crippen LogP contribution is 2.43. The predicted octanol–water partition coefficient (Wildman–Crippen LogP) is 11.2. The van der Waals surface area contributed by atoms with Gasteiger partial charge in [-0.3, -0.25) is 18.6 Å². The summed E-state index contributed by atoms with van der Waals surface area (Å²) in [6.07, 6.45) is 41.4. The lowest BCUT2D eigenvalue weighted by Crippen LogP contribution is -2.29. The van der Waals surface area contributed by atoms with Crippen molar-refractivity contribution >= 4 is 19.8 Å². The molecule has 296 valence electrons. The van der Waals surface area contributed by atoms with Gasteiger partial charge in [0.05, 0.1) is 13.2 Å². The molecule has 9 nitrogen and oxygen atoms in total. The number of phosphoric ester groups is 1. The third kappa shape index (κ3) is 37.5. The minimum Gasteiger partial charge on any atom is -0.462 e. The summed E-state index contributed by atoms with van der Waals surface area (Å²) in [6.45, 7) is 3.57. The van der Waals surface area contributed by atoms with E-state index in [1.165, 1.54) is 51.4 Å². The number of allylic oxidation sites excluding steroid dienone is 8. The van der Waals surface area contributed by atoms with Crippen molar-refractivity contribution in [2.45, 2.75) is 174 Å². The Hall–Kier alpha value is -2.03. The number of esters is 2. The second-order valence-corrected chi connectivity index (χ2v) is 14.6. The Morgan fingerprint density at radius 3 is 1.63 bits per heavy atom. The van der Waals surface area contributed by atoms with E-state index >= 15 is 0 Å². The third-order valence-corrected chi connectivity index (χ3v) is 9.18. The van der Waals surface area contributed by atoms with Crippen molar-refractivity contribution in [1.29, 1.82) is 0 Å². The Bertz CT molecular complexity index is 981. The molecule has 2 atom stereocenters. The summed E-state index contributed by atoms with van der Waals surface area (Å²) in [5.74, 6) is -0.856. The highest BCUT2D eigenvalue weighted by atomic mass is 31.2. The molecule has 1 unspecified atom stereocenters. The smallest absolute Gasteiger partial charge is 0.462 e. The van der Waals surface area contributed by atoms with Crippen LogP contribution >= 0.6 is 7.82 Å². The molecule has 0 aliphatic heterocycles. The Balaban J connectivity index is 4.23. The van der Waals surface area contributed by atoms with Crippen LogP contribution in [0, 0.1) is 0 Å². The average molecular weight is 740 g/mol. The van der Waals surface area contributed by atoms with Crippen molar-refractivity contribution in [2.24, 2.45) is 5.73 Å². The zero-order valence-electron chi connectivity index (χ0n) is 32.3. The van der Waals surface area contributed by atoms with Crippen molar-refractivity contribution in [3.63, 3.8) is 0 Å². The lowest BCUT2D eigenvalue weighted by Gasteiger charge is -2.19. The molecule has 0 fully saturated rings. The molecular weight excluding hydrogens is 665 g/mol. The van der Waals surface area contributed by atoms with Gasteiger partial charge in [0, 0.05) is 19.4 Å². The lowest BCUT2D eigenvalue weighted by molar-refractivity contribution is -0.161. The predicted molar refractivity (Wildman–Crippen MR) is 210 cm³/mol. The van der Waals surface area contributed by atoms with E-state index in [2.05, 4.69) is 62.5 Å². The SMILES string of the molecule is CC/C=C/C/C=C/C/C=C/CCCCCCCC(=O)O[C@H](COC(=O)CCCCCCCCC/C=C/CCCCCC)COP(=O)(O)OCCN. The van der Waals surface area contributed by atoms with E-state index in [0.717, 1.165) is 83.5 Å². The van der Waals surface area contributed by atoms with Gasteiger partial charge in [0.2, 0.25) is 0 Å². The second kappa shape index (κ2) is 37.7. The molecule has 0 aliphatic carbocycles. The molecule has 0 saturated carbocycles. The molecule has 0 aromatic heterocycles. The van der Waals surface area contributed by atoms with Crippen LogP contribution in [-0.4, -0.2) is 49.3 Å². The highest BCUT2D eigenvalue weighted by Gasteiger charge is 2.25. The van der Waals surface area contributed by atoms with E-state index in [0.29, 0.717) is 6.42 Å². The van der Waals surface area contributed by atoms with Gasteiger partial charge in [0.15, 0.2) is 6.10 Å². The van der Waals surface area contributed by atoms with E-state index in [4.69, 9.17) is 24.3 Å². The number of carbonyl (C=O) groups excluding carboxylic acids is 2. The van der Waals surface area contributed by atoms with Gasteiger partial charge >= 0.3 is 19.8 Å². The standard InChI is InChI=1S/C41H74NO8P/c1-3-5-7-9-11-13-15-17-19-21-23-25-27-29-31-33-40(43)47-37-39(38-49-51(45,46)48-36-35-42)50-41(44)34-32-30-28-26-24-22-20-18-16-14-12-10-8-6-4-2/h6,8,12-15,18,20,39H,3-5,7,9-11,16-17,19,21-38,42H2,1-2H3,(H,45,46)/b8-6+,14-12+,15-13+,20-18+/t39-/m1/s1. The Labute approximate surface area is 311 Å². The van der Waals surface area contributed by atoms with Crippen molar-refractivity contribution < 1.29 is 37.6 Å². The number of unbranched alkanes of at least 4 members (excludes halogenated alkanes) is 16. The molecule has 0 bridgehead atoms. The van der Waals surface area contributed by atoms with Crippen LogP contribution in [0.3, 0.4) is 0 Å². The number of carbonyl (C=O) groups is 2. The van der Waals surface area contributed by atoms with E-state index in [9.17, 15) is 19.0 Å². The molecule has 51 heavy (non-hydrogen) atoms. The van der Waals surface area contributed by atoms with Gasteiger partial charge in [-0.05, 0) is 70.6 Å². The molecular formula is C41H74NO8P. The molecule has 0 heterocycles. The normalized spacial score (nSPS) is 13.9. The zero-order chi connectivity index (χ0) is 37.5. The molecule has 0 spiro atoms. The van der Waals surface area contributed by atoms with Gasteiger partial charge in [-0.25, -0.2) is 4.57 Å². The number of hydrogen-bond donors (Lipinski definition) is 2. The van der Waals surface area contributed by atoms with Crippen LogP contribution in [0.5, 0.6) is 0 Å². The van der Waals surface area contributed by atoms with Crippen LogP contribution in [-0.2, 0) is 32.7 Å². The Morgan fingerprint density at radius 1 is 0.608 bits per heavy atom. The first kappa shape index (κ1) is 49.0. The van der Waals surface area contributed by atoms with Crippen LogP contribution in [0.1, 0.15) is 168 Å². The van der Waals surface area contributed by atoms with Crippen molar-refractivity contribution in [3.8, 4) is 0 Å². The molecule has 0 aromatic rings. The lowest BCUT2D eigenvalue weighted by atomic mass is 10.1. The van der Waals surface area contributed by atoms with E-state index in [-0.39, 0.29) is 32.6 Å². The maximum absolute atomic E-state index is 12.5. The largest absolute Gasteiger partial charge is 0.472 e.